The van der Waals surface area contributed by atoms with E-state index in [2.05, 4.69) is 5.32 Å². The molecule has 0 spiro atoms. The summed E-state index contributed by atoms with van der Waals surface area (Å²) in [4.78, 5) is 11.0. The van der Waals surface area contributed by atoms with Gasteiger partial charge in [0.1, 0.15) is 5.37 Å². The van der Waals surface area contributed by atoms with Gasteiger partial charge in [0.2, 0.25) is 0 Å². The van der Waals surface area contributed by atoms with Crippen LogP contribution < -0.4 is 5.32 Å². The molecule has 5 nitrogen and oxygen atoms in total. The number of hydrogen-bond donors (Lipinski definition) is 2. The van der Waals surface area contributed by atoms with Gasteiger partial charge in [0.15, 0.2) is 9.84 Å². The highest BCUT2D eigenvalue weighted by Crippen LogP contribution is 2.29. The molecule has 2 aromatic rings. The van der Waals surface area contributed by atoms with Crippen molar-refractivity contribution in [3.8, 4) is 0 Å². The van der Waals surface area contributed by atoms with Crippen molar-refractivity contribution < 1.29 is 18.3 Å². The van der Waals surface area contributed by atoms with Crippen molar-refractivity contribution in [1.29, 1.82) is 0 Å². The minimum atomic E-state index is -3.64. The average Bonchev–Trinajstić information content (AvgIpc) is 2.54. The fourth-order valence-corrected chi connectivity index (χ4v) is 4.21. The molecule has 0 aromatic heterocycles. The summed E-state index contributed by atoms with van der Waals surface area (Å²) in [6.45, 7) is 0. The first-order valence-corrected chi connectivity index (χ1v) is 8.45. The molecule has 114 valence electrons. The lowest BCUT2D eigenvalue weighted by Gasteiger charge is -2.26. The number of para-hydroxylation sites is 1. The highest BCUT2D eigenvalue weighted by Gasteiger charge is 2.31. The van der Waals surface area contributed by atoms with Gasteiger partial charge in [-0.05, 0) is 42.7 Å². The second-order valence-corrected chi connectivity index (χ2v) is 7.34. The van der Waals surface area contributed by atoms with Crippen molar-refractivity contribution in [3.63, 3.8) is 0 Å². The van der Waals surface area contributed by atoms with Gasteiger partial charge in [0, 0.05) is 5.69 Å². The van der Waals surface area contributed by atoms with Gasteiger partial charge in [-0.2, -0.15) is 0 Å². The van der Waals surface area contributed by atoms with Gasteiger partial charge in [-0.15, -0.1) is 0 Å². The van der Waals surface area contributed by atoms with E-state index in [0.29, 0.717) is 12.8 Å². The van der Waals surface area contributed by atoms with E-state index < -0.39 is 21.2 Å². The molecule has 0 radical (unpaired) electrons. The quantitative estimate of drug-likeness (QED) is 0.909. The monoisotopic (exact) mass is 317 g/mol. The molecule has 3 rings (SSSR count). The number of carboxylic acids is 1. The maximum Gasteiger partial charge on any atom is 0.335 e. The molecule has 2 N–H and O–H groups in total. The number of sulfone groups is 1. The lowest BCUT2D eigenvalue weighted by Crippen LogP contribution is -2.33. The molecular formula is C16H15NO4S. The molecule has 0 fully saturated rings. The topological polar surface area (TPSA) is 83.5 Å². The van der Waals surface area contributed by atoms with Gasteiger partial charge < -0.3 is 10.4 Å². The Balaban J connectivity index is 1.94. The SMILES string of the molecule is O=C(O)c1cccc(S(=O)(=O)C2CCc3ccccc3N2)c1. The molecule has 22 heavy (non-hydrogen) atoms. The molecule has 1 unspecified atom stereocenters. The minimum Gasteiger partial charge on any atom is -0.478 e. The van der Waals surface area contributed by atoms with Crippen LogP contribution in [0.25, 0.3) is 0 Å². The maximum absolute atomic E-state index is 12.7. The second-order valence-electron chi connectivity index (χ2n) is 5.21. The van der Waals surface area contributed by atoms with Gasteiger partial charge in [-0.25, -0.2) is 13.2 Å². The summed E-state index contributed by atoms with van der Waals surface area (Å²) >= 11 is 0. The van der Waals surface area contributed by atoms with Crippen molar-refractivity contribution in [2.75, 3.05) is 5.32 Å². The zero-order chi connectivity index (χ0) is 15.7. The predicted molar refractivity (Wildman–Crippen MR) is 82.8 cm³/mol. The molecule has 2 aromatic carbocycles. The van der Waals surface area contributed by atoms with Crippen molar-refractivity contribution in [2.24, 2.45) is 0 Å². The fourth-order valence-electron chi connectivity index (χ4n) is 2.61. The number of carbonyl (C=O) groups is 1. The van der Waals surface area contributed by atoms with E-state index in [1.807, 2.05) is 24.3 Å². The van der Waals surface area contributed by atoms with Crippen molar-refractivity contribution in [2.45, 2.75) is 23.1 Å². The highest BCUT2D eigenvalue weighted by atomic mass is 32.2. The fraction of sp³-hybridized carbons (Fsp3) is 0.188. The van der Waals surface area contributed by atoms with Crippen LogP contribution >= 0.6 is 0 Å². The van der Waals surface area contributed by atoms with Crippen LogP contribution in [0.15, 0.2) is 53.4 Å². The van der Waals surface area contributed by atoms with Crippen LogP contribution in [0.4, 0.5) is 5.69 Å². The Bertz CT molecular complexity index is 830. The number of aromatic carboxylic acids is 1. The van der Waals surface area contributed by atoms with E-state index in [1.165, 1.54) is 24.3 Å². The molecule has 1 atom stereocenters. The first kappa shape index (κ1) is 14.6. The molecule has 0 aliphatic carbocycles. The largest absolute Gasteiger partial charge is 0.478 e. The Labute approximate surface area is 128 Å². The number of nitrogens with one attached hydrogen (secondary N) is 1. The number of aryl methyl sites for hydroxylation is 1. The van der Waals surface area contributed by atoms with Crippen LogP contribution in [0.2, 0.25) is 0 Å². The number of fused-ring (bicyclic) bond motifs is 1. The predicted octanol–water partition coefficient (Wildman–Crippen LogP) is 2.54. The smallest absolute Gasteiger partial charge is 0.335 e. The lowest BCUT2D eigenvalue weighted by atomic mass is 10.0. The maximum atomic E-state index is 12.7. The minimum absolute atomic E-state index is 0.0303. The Morgan fingerprint density at radius 1 is 1.14 bits per heavy atom. The first-order valence-electron chi connectivity index (χ1n) is 6.90. The van der Waals surface area contributed by atoms with Crippen molar-refractivity contribution in [1.82, 2.24) is 0 Å². The van der Waals surface area contributed by atoms with Crippen LogP contribution in [0.3, 0.4) is 0 Å². The summed E-state index contributed by atoms with van der Waals surface area (Å²) in [5.41, 5.74) is 1.88. The van der Waals surface area contributed by atoms with Gasteiger partial charge in [-0.3, -0.25) is 0 Å². The van der Waals surface area contributed by atoms with Crippen molar-refractivity contribution in [3.05, 3.63) is 59.7 Å². The van der Waals surface area contributed by atoms with E-state index in [-0.39, 0.29) is 10.5 Å². The molecule has 6 heteroatoms. The summed E-state index contributed by atoms with van der Waals surface area (Å²) in [6.07, 6.45) is 1.13. The van der Waals surface area contributed by atoms with E-state index in [0.717, 1.165) is 11.3 Å². The van der Waals surface area contributed by atoms with Crippen LogP contribution in [0.5, 0.6) is 0 Å². The second kappa shape index (κ2) is 5.46. The summed E-state index contributed by atoms with van der Waals surface area (Å²) in [6, 6.07) is 13.1. The van der Waals surface area contributed by atoms with Gasteiger partial charge >= 0.3 is 5.97 Å². The molecular weight excluding hydrogens is 302 g/mol. The molecule has 1 heterocycles. The average molecular weight is 317 g/mol. The molecule has 0 bridgehead atoms. The number of carboxylic acid groups (broad SMARTS) is 1. The summed E-state index contributed by atoms with van der Waals surface area (Å²) in [7, 11) is -3.64. The van der Waals surface area contributed by atoms with Gasteiger partial charge in [0.05, 0.1) is 10.5 Å². The molecule has 1 aliphatic rings. The number of benzene rings is 2. The van der Waals surface area contributed by atoms with Gasteiger partial charge in [0.25, 0.3) is 0 Å². The third kappa shape index (κ3) is 2.57. The standard InChI is InChI=1S/C16H15NO4S/c18-16(19)12-5-3-6-13(10-12)22(20,21)15-9-8-11-4-1-2-7-14(11)17-15/h1-7,10,15,17H,8-9H2,(H,18,19). The summed E-state index contributed by atoms with van der Waals surface area (Å²) in [5.74, 6) is -1.14. The zero-order valence-corrected chi connectivity index (χ0v) is 12.5. The normalized spacial score (nSPS) is 17.4. The number of hydrogen-bond acceptors (Lipinski definition) is 4. The lowest BCUT2D eigenvalue weighted by molar-refractivity contribution is 0.0696. The third-order valence-corrected chi connectivity index (χ3v) is 5.81. The van der Waals surface area contributed by atoms with Crippen LogP contribution in [-0.4, -0.2) is 24.9 Å². The van der Waals surface area contributed by atoms with Crippen LogP contribution in [0, 0.1) is 0 Å². The summed E-state index contributed by atoms with van der Waals surface area (Å²) in [5, 5.41) is 11.3. The number of anilines is 1. The van der Waals surface area contributed by atoms with Crippen LogP contribution in [0.1, 0.15) is 22.3 Å². The Hall–Kier alpha value is -2.34. The zero-order valence-electron chi connectivity index (χ0n) is 11.7. The Morgan fingerprint density at radius 3 is 2.68 bits per heavy atom. The van der Waals surface area contributed by atoms with E-state index in [4.69, 9.17) is 5.11 Å². The van der Waals surface area contributed by atoms with E-state index in [9.17, 15) is 13.2 Å². The highest BCUT2D eigenvalue weighted by molar-refractivity contribution is 7.92. The molecule has 0 saturated carbocycles. The van der Waals surface area contributed by atoms with E-state index in [1.54, 1.807) is 0 Å². The first-order chi connectivity index (χ1) is 10.5. The molecule has 1 aliphatic heterocycles. The van der Waals surface area contributed by atoms with Gasteiger partial charge in [-0.1, -0.05) is 24.3 Å². The molecule has 0 saturated heterocycles. The summed E-state index contributed by atoms with van der Waals surface area (Å²) < 4.78 is 25.4. The number of rotatable bonds is 3. The Kier molecular flexibility index (Phi) is 3.62. The molecule has 0 amide bonds. The van der Waals surface area contributed by atoms with Crippen molar-refractivity contribution >= 4 is 21.5 Å². The third-order valence-electron chi connectivity index (χ3n) is 3.79. The Morgan fingerprint density at radius 2 is 1.91 bits per heavy atom. The van der Waals surface area contributed by atoms with Crippen LogP contribution in [-0.2, 0) is 16.3 Å². The van der Waals surface area contributed by atoms with E-state index >= 15 is 0 Å².